The SMILES string of the molecule is C/C(=N\NC(=O)c1ccco1)c1cccc(NC(=O)c2cccs2)c1. The van der Waals surface area contributed by atoms with Crippen LogP contribution in [0.25, 0.3) is 0 Å². The monoisotopic (exact) mass is 353 g/mol. The van der Waals surface area contributed by atoms with Crippen LogP contribution in [0.15, 0.2) is 69.7 Å². The van der Waals surface area contributed by atoms with E-state index < -0.39 is 5.91 Å². The zero-order valence-corrected chi connectivity index (χ0v) is 14.2. The van der Waals surface area contributed by atoms with Crippen LogP contribution in [0.3, 0.4) is 0 Å². The average molecular weight is 353 g/mol. The van der Waals surface area contributed by atoms with Crippen LogP contribution in [0.5, 0.6) is 0 Å². The Hall–Kier alpha value is -3.19. The number of carbonyl (C=O) groups excluding carboxylic acids is 2. The lowest BCUT2D eigenvalue weighted by molar-refractivity contribution is 0.0926. The third-order valence-corrected chi connectivity index (χ3v) is 4.22. The number of hydrogen-bond donors (Lipinski definition) is 2. The number of furan rings is 1. The van der Waals surface area contributed by atoms with E-state index in [2.05, 4.69) is 15.8 Å². The van der Waals surface area contributed by atoms with Crippen molar-refractivity contribution in [2.24, 2.45) is 5.10 Å². The molecule has 0 fully saturated rings. The zero-order valence-electron chi connectivity index (χ0n) is 13.4. The molecule has 2 amide bonds. The fourth-order valence-corrected chi connectivity index (χ4v) is 2.70. The number of nitrogens with one attached hydrogen (secondary N) is 2. The molecule has 25 heavy (non-hydrogen) atoms. The van der Waals surface area contributed by atoms with Gasteiger partial charge in [0.15, 0.2) is 5.76 Å². The first-order valence-corrected chi connectivity index (χ1v) is 8.35. The van der Waals surface area contributed by atoms with Gasteiger partial charge in [-0.3, -0.25) is 9.59 Å². The fourth-order valence-electron chi connectivity index (χ4n) is 2.08. The van der Waals surface area contributed by atoms with Crippen LogP contribution >= 0.6 is 11.3 Å². The Morgan fingerprint density at radius 2 is 1.96 bits per heavy atom. The molecule has 2 heterocycles. The predicted octanol–water partition coefficient (Wildman–Crippen LogP) is 3.75. The maximum absolute atomic E-state index is 12.1. The normalized spacial score (nSPS) is 11.2. The molecular formula is C18H15N3O3S. The number of hydrogen-bond acceptors (Lipinski definition) is 5. The molecule has 3 rings (SSSR count). The number of hydrazone groups is 1. The van der Waals surface area contributed by atoms with Gasteiger partial charge in [0.05, 0.1) is 16.9 Å². The van der Waals surface area contributed by atoms with Gasteiger partial charge in [-0.15, -0.1) is 11.3 Å². The van der Waals surface area contributed by atoms with Crippen LogP contribution < -0.4 is 10.7 Å². The zero-order chi connectivity index (χ0) is 17.6. The minimum absolute atomic E-state index is 0.159. The molecule has 0 aliphatic heterocycles. The molecule has 7 heteroatoms. The topological polar surface area (TPSA) is 83.7 Å². The van der Waals surface area contributed by atoms with Crippen molar-refractivity contribution in [2.45, 2.75) is 6.92 Å². The Kier molecular flexibility index (Phi) is 5.06. The number of amides is 2. The highest BCUT2D eigenvalue weighted by molar-refractivity contribution is 7.12. The Morgan fingerprint density at radius 1 is 1.08 bits per heavy atom. The van der Waals surface area contributed by atoms with Crippen molar-refractivity contribution in [3.8, 4) is 0 Å². The van der Waals surface area contributed by atoms with E-state index in [0.717, 1.165) is 5.56 Å². The van der Waals surface area contributed by atoms with Crippen molar-refractivity contribution < 1.29 is 14.0 Å². The summed E-state index contributed by atoms with van der Waals surface area (Å²) in [7, 11) is 0. The summed E-state index contributed by atoms with van der Waals surface area (Å²) >= 11 is 1.38. The molecule has 2 aromatic heterocycles. The van der Waals surface area contributed by atoms with Crippen molar-refractivity contribution in [3.05, 3.63) is 76.4 Å². The lowest BCUT2D eigenvalue weighted by Crippen LogP contribution is -2.18. The van der Waals surface area contributed by atoms with E-state index in [1.807, 2.05) is 23.6 Å². The first-order valence-electron chi connectivity index (χ1n) is 7.47. The molecule has 3 aromatic rings. The molecular weight excluding hydrogens is 338 g/mol. The van der Waals surface area contributed by atoms with E-state index in [9.17, 15) is 9.59 Å². The summed E-state index contributed by atoms with van der Waals surface area (Å²) in [6.07, 6.45) is 1.42. The summed E-state index contributed by atoms with van der Waals surface area (Å²) in [5.74, 6) is -0.395. The number of benzene rings is 1. The summed E-state index contributed by atoms with van der Waals surface area (Å²) in [6, 6.07) is 14.0. The Labute approximate surface area is 148 Å². The average Bonchev–Trinajstić information content (AvgIpc) is 3.33. The second kappa shape index (κ2) is 7.59. The molecule has 0 radical (unpaired) electrons. The van der Waals surface area contributed by atoms with E-state index in [1.54, 1.807) is 37.3 Å². The van der Waals surface area contributed by atoms with Crippen LogP contribution in [0.1, 0.15) is 32.7 Å². The molecule has 0 aliphatic carbocycles. The second-order valence-electron chi connectivity index (χ2n) is 5.13. The summed E-state index contributed by atoms with van der Waals surface area (Å²) in [5, 5.41) is 8.76. The molecule has 0 unspecified atom stereocenters. The van der Waals surface area contributed by atoms with Crippen LogP contribution in [-0.2, 0) is 0 Å². The third kappa shape index (κ3) is 4.21. The predicted molar refractivity (Wildman–Crippen MR) is 97.1 cm³/mol. The Bertz CT molecular complexity index is 900. The molecule has 0 saturated heterocycles. The first-order chi connectivity index (χ1) is 12.1. The summed E-state index contributed by atoms with van der Waals surface area (Å²) in [5.41, 5.74) is 4.48. The minimum atomic E-state index is -0.425. The van der Waals surface area contributed by atoms with Gasteiger partial charge in [-0.2, -0.15) is 5.10 Å². The number of rotatable bonds is 5. The first kappa shape index (κ1) is 16.7. The highest BCUT2D eigenvalue weighted by Crippen LogP contribution is 2.15. The van der Waals surface area contributed by atoms with E-state index >= 15 is 0 Å². The Morgan fingerprint density at radius 3 is 2.68 bits per heavy atom. The van der Waals surface area contributed by atoms with Gasteiger partial charge in [0.25, 0.3) is 5.91 Å². The standard InChI is InChI=1S/C18H15N3O3S/c1-12(20-21-17(22)15-7-3-9-24-15)13-5-2-6-14(11-13)19-18(23)16-8-4-10-25-16/h2-11H,1H3,(H,19,23)(H,21,22)/b20-12+. The molecule has 0 spiro atoms. The van der Waals surface area contributed by atoms with Crippen molar-refractivity contribution in [1.29, 1.82) is 0 Å². The molecule has 2 N–H and O–H groups in total. The maximum Gasteiger partial charge on any atom is 0.307 e. The molecule has 0 aliphatic rings. The van der Waals surface area contributed by atoms with Crippen LogP contribution in [0.4, 0.5) is 5.69 Å². The van der Waals surface area contributed by atoms with Crippen molar-refractivity contribution >= 4 is 34.6 Å². The van der Waals surface area contributed by atoms with Gasteiger partial charge in [-0.05, 0) is 48.2 Å². The smallest absolute Gasteiger partial charge is 0.307 e. The molecule has 6 nitrogen and oxygen atoms in total. The lowest BCUT2D eigenvalue weighted by atomic mass is 10.1. The van der Waals surface area contributed by atoms with Gasteiger partial charge in [0, 0.05) is 5.69 Å². The molecule has 0 saturated carbocycles. The van der Waals surface area contributed by atoms with Crippen LogP contribution in [-0.4, -0.2) is 17.5 Å². The van der Waals surface area contributed by atoms with Gasteiger partial charge in [-0.25, -0.2) is 5.43 Å². The number of anilines is 1. The third-order valence-electron chi connectivity index (χ3n) is 3.35. The lowest BCUT2D eigenvalue weighted by Gasteiger charge is -2.07. The minimum Gasteiger partial charge on any atom is -0.459 e. The summed E-state index contributed by atoms with van der Waals surface area (Å²) in [4.78, 5) is 24.6. The van der Waals surface area contributed by atoms with E-state index in [1.165, 1.54) is 17.6 Å². The Balaban J connectivity index is 1.68. The van der Waals surface area contributed by atoms with E-state index in [-0.39, 0.29) is 11.7 Å². The summed E-state index contributed by atoms with van der Waals surface area (Å²) in [6.45, 7) is 1.77. The van der Waals surface area contributed by atoms with Gasteiger partial charge >= 0.3 is 5.91 Å². The van der Waals surface area contributed by atoms with Crippen LogP contribution in [0, 0.1) is 0 Å². The molecule has 1 aromatic carbocycles. The largest absolute Gasteiger partial charge is 0.459 e. The highest BCUT2D eigenvalue weighted by Gasteiger charge is 2.09. The van der Waals surface area contributed by atoms with Gasteiger partial charge < -0.3 is 9.73 Å². The number of nitrogens with zero attached hydrogens (tertiary/aromatic N) is 1. The van der Waals surface area contributed by atoms with Crippen molar-refractivity contribution in [2.75, 3.05) is 5.32 Å². The van der Waals surface area contributed by atoms with Gasteiger partial charge in [-0.1, -0.05) is 18.2 Å². The van der Waals surface area contributed by atoms with Gasteiger partial charge in [0.2, 0.25) is 0 Å². The highest BCUT2D eigenvalue weighted by atomic mass is 32.1. The number of thiophene rings is 1. The van der Waals surface area contributed by atoms with E-state index in [4.69, 9.17) is 4.42 Å². The number of carbonyl (C=O) groups is 2. The quantitative estimate of drug-likeness (QED) is 0.541. The molecule has 0 atom stereocenters. The summed E-state index contributed by atoms with van der Waals surface area (Å²) < 4.78 is 5.00. The molecule has 0 bridgehead atoms. The van der Waals surface area contributed by atoms with E-state index in [0.29, 0.717) is 16.3 Å². The van der Waals surface area contributed by atoms with Gasteiger partial charge in [0.1, 0.15) is 0 Å². The van der Waals surface area contributed by atoms with Crippen molar-refractivity contribution in [3.63, 3.8) is 0 Å². The second-order valence-corrected chi connectivity index (χ2v) is 6.08. The maximum atomic E-state index is 12.1. The molecule has 126 valence electrons. The fraction of sp³-hybridized carbons (Fsp3) is 0.0556. The van der Waals surface area contributed by atoms with Crippen molar-refractivity contribution in [1.82, 2.24) is 5.43 Å². The van der Waals surface area contributed by atoms with Crippen LogP contribution in [0.2, 0.25) is 0 Å².